The van der Waals surface area contributed by atoms with Gasteiger partial charge in [-0.15, -0.1) is 0 Å². The maximum atomic E-state index is 12.6. The first-order valence-electron chi connectivity index (χ1n) is 10.3. The Kier molecular flexibility index (Phi) is 6.41. The van der Waals surface area contributed by atoms with Gasteiger partial charge < -0.3 is 10.2 Å². The van der Waals surface area contributed by atoms with Crippen molar-refractivity contribution in [2.75, 3.05) is 25.0 Å². The Labute approximate surface area is 182 Å². The number of aromatic nitrogens is 2. The molecule has 1 atom stereocenters. The number of anilines is 1. The van der Waals surface area contributed by atoms with E-state index in [-0.39, 0.29) is 5.91 Å². The summed E-state index contributed by atoms with van der Waals surface area (Å²) in [6, 6.07) is 17.6. The maximum Gasteiger partial charge on any atom is 0.259 e. The van der Waals surface area contributed by atoms with E-state index in [1.165, 1.54) is 5.56 Å². The molecular formula is C24H25ClN4O. The van der Waals surface area contributed by atoms with Gasteiger partial charge in [0.25, 0.3) is 5.91 Å². The Hall–Kier alpha value is -2.76. The van der Waals surface area contributed by atoms with E-state index in [0.717, 1.165) is 38.3 Å². The molecule has 2 aromatic carbocycles. The van der Waals surface area contributed by atoms with Gasteiger partial charge in [-0.3, -0.25) is 4.79 Å². The molecule has 1 fully saturated rings. The topological polar surface area (TPSA) is 58.1 Å². The van der Waals surface area contributed by atoms with Crippen LogP contribution >= 0.6 is 11.6 Å². The van der Waals surface area contributed by atoms with Gasteiger partial charge in [0, 0.05) is 35.9 Å². The Morgan fingerprint density at radius 1 is 1.17 bits per heavy atom. The molecule has 1 aliphatic rings. The van der Waals surface area contributed by atoms with Crippen LogP contribution in [0.3, 0.4) is 0 Å². The molecule has 0 spiro atoms. The monoisotopic (exact) mass is 420 g/mol. The van der Waals surface area contributed by atoms with Crippen molar-refractivity contribution in [2.45, 2.75) is 25.7 Å². The molecule has 2 heterocycles. The number of hydrogen-bond donors (Lipinski definition) is 1. The van der Waals surface area contributed by atoms with E-state index in [4.69, 9.17) is 11.6 Å². The van der Waals surface area contributed by atoms with E-state index in [2.05, 4.69) is 50.5 Å². The fourth-order valence-electron chi connectivity index (χ4n) is 3.81. The van der Waals surface area contributed by atoms with E-state index in [1.807, 2.05) is 6.92 Å². The average molecular weight is 421 g/mol. The number of nitrogens with zero attached hydrogens (tertiary/aromatic N) is 3. The van der Waals surface area contributed by atoms with Gasteiger partial charge in [0.2, 0.25) is 0 Å². The molecule has 30 heavy (non-hydrogen) atoms. The van der Waals surface area contributed by atoms with Gasteiger partial charge in [0.05, 0.1) is 11.3 Å². The van der Waals surface area contributed by atoms with Crippen molar-refractivity contribution in [3.05, 3.63) is 88.5 Å². The molecule has 154 valence electrons. The van der Waals surface area contributed by atoms with Crippen LogP contribution in [0, 0.1) is 6.92 Å². The largest absolute Gasteiger partial charge is 0.322 e. The number of hydrogen-bond acceptors (Lipinski definition) is 4. The van der Waals surface area contributed by atoms with Gasteiger partial charge in [-0.1, -0.05) is 41.9 Å². The van der Waals surface area contributed by atoms with Crippen molar-refractivity contribution in [2.24, 2.45) is 0 Å². The number of likely N-dealkylation sites (tertiary alicyclic amines) is 1. The zero-order chi connectivity index (χ0) is 20.9. The second-order valence-corrected chi connectivity index (χ2v) is 8.15. The summed E-state index contributed by atoms with van der Waals surface area (Å²) in [6.45, 7) is 4.92. The lowest BCUT2D eigenvalue weighted by Gasteiger charge is -2.16. The Morgan fingerprint density at radius 2 is 1.93 bits per heavy atom. The van der Waals surface area contributed by atoms with Crippen molar-refractivity contribution in [3.63, 3.8) is 0 Å². The molecule has 0 aliphatic carbocycles. The molecule has 1 aliphatic heterocycles. The zero-order valence-corrected chi connectivity index (χ0v) is 17.8. The first kappa shape index (κ1) is 20.5. The van der Waals surface area contributed by atoms with Crippen LogP contribution in [0.5, 0.6) is 0 Å². The van der Waals surface area contributed by atoms with E-state index in [9.17, 15) is 4.79 Å². The second-order valence-electron chi connectivity index (χ2n) is 7.71. The minimum absolute atomic E-state index is 0.211. The molecule has 0 radical (unpaired) electrons. The van der Waals surface area contributed by atoms with Gasteiger partial charge >= 0.3 is 0 Å². The number of carbonyl (C=O) groups is 1. The highest BCUT2D eigenvalue weighted by Gasteiger charge is 2.26. The van der Waals surface area contributed by atoms with Crippen LogP contribution in [0.1, 0.15) is 39.8 Å². The lowest BCUT2D eigenvalue weighted by Crippen LogP contribution is -2.23. The molecular weight excluding hydrogens is 396 g/mol. The van der Waals surface area contributed by atoms with Crippen molar-refractivity contribution < 1.29 is 4.79 Å². The molecule has 4 rings (SSSR count). The first-order chi connectivity index (χ1) is 14.6. The molecule has 0 bridgehead atoms. The number of nitrogens with one attached hydrogen (secondary N) is 1. The summed E-state index contributed by atoms with van der Waals surface area (Å²) in [6.07, 6.45) is 3.75. The third kappa shape index (κ3) is 5.04. The lowest BCUT2D eigenvalue weighted by atomic mass is 10.1. The number of rotatable bonds is 6. The molecule has 5 nitrogen and oxygen atoms in total. The fourth-order valence-corrected chi connectivity index (χ4v) is 3.94. The summed E-state index contributed by atoms with van der Waals surface area (Å²) in [5.41, 5.74) is 3.25. The highest BCUT2D eigenvalue weighted by atomic mass is 35.5. The van der Waals surface area contributed by atoms with Crippen LogP contribution in [0.4, 0.5) is 5.69 Å². The van der Waals surface area contributed by atoms with Crippen LogP contribution in [0.15, 0.2) is 60.8 Å². The summed E-state index contributed by atoms with van der Waals surface area (Å²) in [5, 5.41) is 3.50. The minimum Gasteiger partial charge on any atom is -0.322 e. The van der Waals surface area contributed by atoms with E-state index >= 15 is 0 Å². The zero-order valence-electron chi connectivity index (χ0n) is 17.0. The normalized spacial score (nSPS) is 16.5. The molecule has 0 unspecified atom stereocenters. The number of halogens is 1. The molecule has 3 aromatic rings. The summed E-state index contributed by atoms with van der Waals surface area (Å²) < 4.78 is 0. The van der Waals surface area contributed by atoms with Crippen molar-refractivity contribution in [3.8, 4) is 0 Å². The van der Waals surface area contributed by atoms with Crippen molar-refractivity contribution >= 4 is 23.2 Å². The predicted octanol–water partition coefficient (Wildman–Crippen LogP) is 4.72. The van der Waals surface area contributed by atoms with E-state index < -0.39 is 0 Å². The van der Waals surface area contributed by atoms with Gasteiger partial charge in [0.1, 0.15) is 5.82 Å². The lowest BCUT2D eigenvalue weighted by molar-refractivity contribution is 0.102. The quantitative estimate of drug-likeness (QED) is 0.626. The number of benzene rings is 2. The van der Waals surface area contributed by atoms with Gasteiger partial charge in [-0.05, 0) is 56.1 Å². The van der Waals surface area contributed by atoms with Crippen LogP contribution in [0.2, 0.25) is 5.02 Å². The number of carbonyl (C=O) groups excluding carboxylic acids is 1. The summed E-state index contributed by atoms with van der Waals surface area (Å²) in [4.78, 5) is 24.3. The smallest absolute Gasteiger partial charge is 0.259 e. The predicted molar refractivity (Wildman–Crippen MR) is 120 cm³/mol. The fraction of sp³-hybridized carbons (Fsp3) is 0.292. The highest BCUT2D eigenvalue weighted by molar-refractivity contribution is 6.30. The summed E-state index contributed by atoms with van der Waals surface area (Å²) in [7, 11) is 0. The highest BCUT2D eigenvalue weighted by Crippen LogP contribution is 2.25. The third-order valence-electron chi connectivity index (χ3n) is 5.54. The molecule has 1 saturated heterocycles. The van der Waals surface area contributed by atoms with E-state index in [0.29, 0.717) is 27.9 Å². The van der Waals surface area contributed by atoms with Gasteiger partial charge in [-0.25, -0.2) is 9.97 Å². The third-order valence-corrected chi connectivity index (χ3v) is 5.79. The van der Waals surface area contributed by atoms with Gasteiger partial charge in [0.15, 0.2) is 0 Å². The van der Waals surface area contributed by atoms with Crippen LogP contribution < -0.4 is 5.32 Å². The minimum atomic E-state index is -0.211. The second kappa shape index (κ2) is 9.37. The van der Waals surface area contributed by atoms with E-state index in [1.54, 1.807) is 30.5 Å². The van der Waals surface area contributed by atoms with Crippen molar-refractivity contribution in [1.29, 1.82) is 0 Å². The molecule has 1 amide bonds. The van der Waals surface area contributed by atoms with Crippen LogP contribution in [-0.4, -0.2) is 40.4 Å². The average Bonchev–Trinajstić information content (AvgIpc) is 3.23. The SMILES string of the molecule is Cc1nc([C@@H]2CCN(CCc3ccccc3)C2)ncc1C(=O)Nc1ccc(Cl)cc1. The Bertz CT molecular complexity index is 1010. The van der Waals surface area contributed by atoms with Crippen LogP contribution in [-0.2, 0) is 6.42 Å². The maximum absolute atomic E-state index is 12.6. The number of amides is 1. The van der Waals surface area contributed by atoms with Gasteiger partial charge in [-0.2, -0.15) is 0 Å². The summed E-state index contributed by atoms with van der Waals surface area (Å²) >= 11 is 5.90. The molecule has 1 aromatic heterocycles. The first-order valence-corrected chi connectivity index (χ1v) is 10.6. The Morgan fingerprint density at radius 3 is 2.67 bits per heavy atom. The van der Waals surface area contributed by atoms with Crippen LogP contribution in [0.25, 0.3) is 0 Å². The Balaban J connectivity index is 1.36. The number of aryl methyl sites for hydroxylation is 1. The molecule has 6 heteroatoms. The summed E-state index contributed by atoms with van der Waals surface area (Å²) in [5.74, 6) is 0.933. The van der Waals surface area contributed by atoms with Crippen molar-refractivity contribution in [1.82, 2.24) is 14.9 Å². The standard InChI is InChI=1S/C24H25ClN4O/c1-17-22(24(30)28-21-9-7-20(25)8-10-21)15-26-23(27-17)19-12-14-29(16-19)13-11-18-5-3-2-4-6-18/h2-10,15,19H,11-14,16H2,1H3,(H,28,30)/t19-/m1/s1. The molecule has 1 N–H and O–H groups in total. The molecule has 0 saturated carbocycles.